The number of hydrogen-bond acceptors (Lipinski definition) is 7. The van der Waals surface area contributed by atoms with Gasteiger partial charge < -0.3 is 20.1 Å². The van der Waals surface area contributed by atoms with Crippen molar-refractivity contribution in [3.63, 3.8) is 0 Å². The van der Waals surface area contributed by atoms with E-state index in [9.17, 15) is 4.79 Å². The van der Waals surface area contributed by atoms with Gasteiger partial charge in [-0.25, -0.2) is 15.0 Å². The fraction of sp³-hybridized carbons (Fsp3) is 0.455. The molecule has 0 bridgehead atoms. The summed E-state index contributed by atoms with van der Waals surface area (Å²) in [6.45, 7) is 5.90. The van der Waals surface area contributed by atoms with Crippen molar-refractivity contribution in [2.24, 2.45) is 0 Å². The predicted octanol–water partition coefficient (Wildman–Crippen LogP) is 2.76. The summed E-state index contributed by atoms with van der Waals surface area (Å²) in [5, 5.41) is 6.57. The molecule has 1 saturated heterocycles. The monoisotopic (exact) mass is 405 g/mol. The third-order valence-electron chi connectivity index (χ3n) is 6.14. The zero-order valence-electron chi connectivity index (χ0n) is 17.3. The molecule has 1 aliphatic carbocycles. The number of aromatic nitrogens is 4. The molecule has 4 heterocycles. The highest BCUT2D eigenvalue weighted by Gasteiger charge is 2.21. The first kappa shape index (κ1) is 19.0. The Kier molecular flexibility index (Phi) is 5.08. The normalized spacial score (nSPS) is 17.6. The van der Waals surface area contributed by atoms with Crippen LogP contribution in [0.2, 0.25) is 0 Å². The molecule has 0 unspecified atom stereocenters. The fourth-order valence-corrected chi connectivity index (χ4v) is 4.57. The van der Waals surface area contributed by atoms with Gasteiger partial charge in [-0.2, -0.15) is 0 Å². The molecule has 3 aromatic rings. The van der Waals surface area contributed by atoms with Crippen molar-refractivity contribution >= 4 is 28.5 Å². The van der Waals surface area contributed by atoms with Crippen molar-refractivity contribution < 1.29 is 0 Å². The first-order valence-corrected chi connectivity index (χ1v) is 10.8. The Morgan fingerprint density at radius 1 is 1.10 bits per heavy atom. The molecule has 2 N–H and O–H groups in total. The number of rotatable bonds is 4. The van der Waals surface area contributed by atoms with E-state index in [-0.39, 0.29) is 11.6 Å². The number of anilines is 3. The Labute approximate surface area is 175 Å². The van der Waals surface area contributed by atoms with Gasteiger partial charge in [0.25, 0.3) is 5.56 Å². The van der Waals surface area contributed by atoms with Crippen LogP contribution in [0.3, 0.4) is 0 Å². The molecule has 1 saturated carbocycles. The third kappa shape index (κ3) is 3.63. The van der Waals surface area contributed by atoms with Crippen molar-refractivity contribution in [1.82, 2.24) is 24.8 Å². The molecule has 8 nitrogen and oxygen atoms in total. The number of aryl methyl sites for hydroxylation is 1. The Morgan fingerprint density at radius 3 is 2.63 bits per heavy atom. The van der Waals surface area contributed by atoms with E-state index in [2.05, 4.69) is 31.6 Å². The van der Waals surface area contributed by atoms with Crippen LogP contribution in [-0.4, -0.2) is 45.7 Å². The van der Waals surface area contributed by atoms with E-state index < -0.39 is 0 Å². The summed E-state index contributed by atoms with van der Waals surface area (Å²) < 4.78 is 1.89. The van der Waals surface area contributed by atoms with E-state index in [4.69, 9.17) is 4.98 Å². The average molecular weight is 406 g/mol. The van der Waals surface area contributed by atoms with Crippen molar-refractivity contribution in [2.75, 3.05) is 36.4 Å². The lowest BCUT2D eigenvalue weighted by atomic mass is 10.2. The Morgan fingerprint density at radius 2 is 1.90 bits per heavy atom. The summed E-state index contributed by atoms with van der Waals surface area (Å²) in [5.41, 5.74) is 3.67. The quantitative estimate of drug-likeness (QED) is 0.690. The maximum Gasteiger partial charge on any atom is 0.251 e. The third-order valence-corrected chi connectivity index (χ3v) is 6.14. The van der Waals surface area contributed by atoms with Gasteiger partial charge in [0, 0.05) is 38.3 Å². The lowest BCUT2D eigenvalue weighted by Crippen LogP contribution is -2.43. The Balaban J connectivity index is 1.42. The lowest BCUT2D eigenvalue weighted by Gasteiger charge is -2.29. The van der Waals surface area contributed by atoms with E-state index in [0.717, 1.165) is 61.3 Å². The van der Waals surface area contributed by atoms with Crippen LogP contribution < -0.4 is 21.1 Å². The number of nitrogens with one attached hydrogen (secondary N) is 2. The minimum absolute atomic E-state index is 0.0429. The SMILES string of the molecule is Cc1cc(=O)n(C2CCCC2)c2cnc(Nc3ccc(N4CCNCC4)cn3)nc12. The molecular formula is C22H27N7O. The van der Waals surface area contributed by atoms with Gasteiger partial charge >= 0.3 is 0 Å². The van der Waals surface area contributed by atoms with Gasteiger partial charge in [0.1, 0.15) is 5.82 Å². The highest BCUT2D eigenvalue weighted by Crippen LogP contribution is 2.31. The lowest BCUT2D eigenvalue weighted by molar-refractivity contribution is 0.518. The van der Waals surface area contributed by atoms with Crippen LogP contribution >= 0.6 is 0 Å². The standard InChI is InChI=1S/C22H27N7O/c1-15-12-20(30)29(16-4-2-3-5-16)18-14-25-22(27-21(15)18)26-19-7-6-17(13-24-19)28-10-8-23-9-11-28/h6-7,12-14,16,23H,2-5,8-11H2,1H3,(H,24,25,26,27). The maximum atomic E-state index is 12.7. The summed E-state index contributed by atoms with van der Waals surface area (Å²) in [7, 11) is 0. The van der Waals surface area contributed by atoms with Gasteiger partial charge in [-0.1, -0.05) is 12.8 Å². The van der Waals surface area contributed by atoms with E-state index in [1.807, 2.05) is 23.8 Å². The topological polar surface area (TPSA) is 88.0 Å². The zero-order chi connectivity index (χ0) is 20.5. The molecule has 30 heavy (non-hydrogen) atoms. The van der Waals surface area contributed by atoms with E-state index in [1.165, 1.54) is 12.8 Å². The molecule has 8 heteroatoms. The molecule has 2 aliphatic rings. The summed E-state index contributed by atoms with van der Waals surface area (Å²) in [5.74, 6) is 1.19. The number of pyridine rings is 2. The van der Waals surface area contributed by atoms with Gasteiger partial charge in [-0.15, -0.1) is 0 Å². The van der Waals surface area contributed by atoms with Crippen molar-refractivity contribution in [3.05, 3.63) is 46.5 Å². The van der Waals surface area contributed by atoms with Crippen LogP contribution in [0.15, 0.2) is 35.4 Å². The van der Waals surface area contributed by atoms with Gasteiger partial charge in [0.2, 0.25) is 5.95 Å². The highest BCUT2D eigenvalue weighted by atomic mass is 16.1. The van der Waals surface area contributed by atoms with E-state index >= 15 is 0 Å². The molecule has 0 atom stereocenters. The number of piperazine rings is 1. The molecular weight excluding hydrogens is 378 g/mol. The molecule has 1 aliphatic heterocycles. The highest BCUT2D eigenvalue weighted by molar-refractivity contribution is 5.79. The first-order valence-electron chi connectivity index (χ1n) is 10.8. The molecule has 2 fully saturated rings. The summed E-state index contributed by atoms with van der Waals surface area (Å²) in [6.07, 6.45) is 8.08. The molecule has 5 rings (SSSR count). The number of fused-ring (bicyclic) bond motifs is 1. The maximum absolute atomic E-state index is 12.7. The Hall–Kier alpha value is -3.00. The first-order chi connectivity index (χ1) is 14.7. The van der Waals surface area contributed by atoms with Gasteiger partial charge in [-0.3, -0.25) is 4.79 Å². The van der Waals surface area contributed by atoms with Crippen molar-refractivity contribution in [2.45, 2.75) is 38.6 Å². The van der Waals surface area contributed by atoms with Crippen molar-refractivity contribution in [1.29, 1.82) is 0 Å². The van der Waals surface area contributed by atoms with Gasteiger partial charge in [-0.05, 0) is 37.5 Å². The summed E-state index contributed by atoms with van der Waals surface area (Å²) in [6, 6.07) is 5.97. The minimum atomic E-state index is 0.0429. The molecule has 0 aromatic carbocycles. The number of hydrogen-bond donors (Lipinski definition) is 2. The minimum Gasteiger partial charge on any atom is -0.368 e. The second kappa shape index (κ2) is 8.02. The fourth-order valence-electron chi connectivity index (χ4n) is 4.57. The number of nitrogens with zero attached hydrogens (tertiary/aromatic N) is 5. The van der Waals surface area contributed by atoms with E-state index in [1.54, 1.807) is 12.3 Å². The molecule has 0 spiro atoms. The van der Waals surface area contributed by atoms with E-state index in [0.29, 0.717) is 11.8 Å². The average Bonchev–Trinajstić information content (AvgIpc) is 3.30. The summed E-state index contributed by atoms with van der Waals surface area (Å²) >= 11 is 0. The van der Waals surface area contributed by atoms with Crippen LogP contribution in [0.1, 0.15) is 37.3 Å². The van der Waals surface area contributed by atoms with Crippen molar-refractivity contribution in [3.8, 4) is 0 Å². The largest absolute Gasteiger partial charge is 0.368 e. The molecule has 156 valence electrons. The predicted molar refractivity (Wildman–Crippen MR) is 119 cm³/mol. The van der Waals surface area contributed by atoms with Gasteiger partial charge in [0.05, 0.1) is 29.1 Å². The van der Waals surface area contributed by atoms with Crippen LogP contribution in [0, 0.1) is 6.92 Å². The Bertz CT molecular complexity index is 1100. The smallest absolute Gasteiger partial charge is 0.251 e. The summed E-state index contributed by atoms with van der Waals surface area (Å²) in [4.78, 5) is 28.7. The zero-order valence-corrected chi connectivity index (χ0v) is 17.3. The second-order valence-electron chi connectivity index (χ2n) is 8.17. The second-order valence-corrected chi connectivity index (χ2v) is 8.17. The molecule has 3 aromatic heterocycles. The van der Waals surface area contributed by atoms with Gasteiger partial charge in [0.15, 0.2) is 0 Å². The van der Waals surface area contributed by atoms with Crippen LogP contribution in [-0.2, 0) is 0 Å². The van der Waals surface area contributed by atoms with Crippen LogP contribution in [0.25, 0.3) is 11.0 Å². The molecule has 0 radical (unpaired) electrons. The molecule has 0 amide bonds. The van der Waals surface area contributed by atoms with Crippen LogP contribution in [0.4, 0.5) is 17.5 Å². The van der Waals surface area contributed by atoms with Crippen LogP contribution in [0.5, 0.6) is 0 Å².